The van der Waals surface area contributed by atoms with Crippen molar-refractivity contribution in [3.05, 3.63) is 24.2 Å². The highest BCUT2D eigenvalue weighted by Gasteiger charge is 2.36. The maximum atomic E-state index is 12.7. The summed E-state index contributed by atoms with van der Waals surface area (Å²) in [6.45, 7) is 0.281. The van der Waals surface area contributed by atoms with Crippen molar-refractivity contribution in [1.82, 2.24) is 14.6 Å². The highest BCUT2D eigenvalue weighted by molar-refractivity contribution is 5.70. The largest absolute Gasteiger partial charge is 0.435 e. The molecule has 0 unspecified atom stereocenters. The number of aliphatic hydroxyl groups excluding tert-OH is 1. The fraction of sp³-hybridized carbons (Fsp3) is 0.500. The summed E-state index contributed by atoms with van der Waals surface area (Å²) in [5.74, 6) is 0.437. The summed E-state index contributed by atoms with van der Waals surface area (Å²) >= 11 is 0. The lowest BCUT2D eigenvalue weighted by Gasteiger charge is -2.22. The maximum Gasteiger partial charge on any atom is 0.435 e. The molecule has 8 heteroatoms. The van der Waals surface area contributed by atoms with Crippen molar-refractivity contribution < 1.29 is 18.3 Å². The zero-order valence-corrected chi connectivity index (χ0v) is 10.5. The Kier molecular flexibility index (Phi) is 3.04. The zero-order chi connectivity index (χ0) is 14.3. The van der Waals surface area contributed by atoms with Crippen LogP contribution in [0.3, 0.4) is 0 Å². The van der Waals surface area contributed by atoms with Gasteiger partial charge in [-0.05, 0) is 12.8 Å². The minimum Gasteiger partial charge on any atom is -0.395 e. The normalized spacial score (nSPS) is 15.8. The van der Waals surface area contributed by atoms with Crippen molar-refractivity contribution in [2.24, 2.45) is 0 Å². The Morgan fingerprint density at radius 1 is 1.40 bits per heavy atom. The molecule has 2 aromatic rings. The van der Waals surface area contributed by atoms with Crippen molar-refractivity contribution in [3.8, 4) is 0 Å². The molecule has 1 aliphatic rings. The van der Waals surface area contributed by atoms with E-state index in [9.17, 15) is 13.2 Å². The van der Waals surface area contributed by atoms with Crippen molar-refractivity contribution in [3.63, 3.8) is 0 Å². The van der Waals surface area contributed by atoms with Gasteiger partial charge in [0.25, 0.3) is 0 Å². The van der Waals surface area contributed by atoms with Gasteiger partial charge in [0.15, 0.2) is 11.5 Å². The Morgan fingerprint density at radius 2 is 2.15 bits per heavy atom. The van der Waals surface area contributed by atoms with Crippen molar-refractivity contribution >= 4 is 11.3 Å². The molecule has 0 aromatic carbocycles. The first-order chi connectivity index (χ1) is 9.50. The predicted octanol–water partition coefficient (Wildman–Crippen LogP) is 1.71. The van der Waals surface area contributed by atoms with E-state index >= 15 is 0 Å². The van der Waals surface area contributed by atoms with Crippen LogP contribution in [0.5, 0.6) is 0 Å². The summed E-state index contributed by atoms with van der Waals surface area (Å²) in [4.78, 5) is 6.01. The SMILES string of the molecule is OCCN(c1nccn2nc(C(F)(F)F)cc12)C1CC1. The van der Waals surface area contributed by atoms with Gasteiger partial charge in [-0.15, -0.1) is 0 Å². The molecule has 2 heterocycles. The number of halogens is 3. The third kappa shape index (κ3) is 2.31. The molecule has 0 bridgehead atoms. The van der Waals surface area contributed by atoms with Gasteiger partial charge in [0.05, 0.1) is 6.61 Å². The minimum atomic E-state index is -4.48. The molecule has 0 amide bonds. The summed E-state index contributed by atoms with van der Waals surface area (Å²) in [6.07, 6.45) is 0.247. The van der Waals surface area contributed by atoms with Gasteiger partial charge in [0.1, 0.15) is 5.52 Å². The second kappa shape index (κ2) is 4.62. The molecule has 0 spiro atoms. The molecule has 1 N–H and O–H groups in total. The number of aliphatic hydroxyl groups is 1. The predicted molar refractivity (Wildman–Crippen MR) is 65.4 cm³/mol. The third-order valence-corrected chi connectivity index (χ3v) is 3.26. The lowest BCUT2D eigenvalue weighted by Crippen LogP contribution is -2.30. The van der Waals surface area contributed by atoms with E-state index in [0.29, 0.717) is 17.9 Å². The van der Waals surface area contributed by atoms with Crippen LogP contribution in [-0.2, 0) is 6.18 Å². The molecule has 0 aliphatic heterocycles. The van der Waals surface area contributed by atoms with Crippen molar-refractivity contribution in [1.29, 1.82) is 0 Å². The molecule has 0 radical (unpaired) electrons. The highest BCUT2D eigenvalue weighted by Crippen LogP contribution is 2.34. The quantitative estimate of drug-likeness (QED) is 0.929. The molecule has 2 aromatic heterocycles. The van der Waals surface area contributed by atoms with Gasteiger partial charge in [-0.1, -0.05) is 0 Å². The van der Waals surface area contributed by atoms with Crippen LogP contribution in [0, 0.1) is 0 Å². The second-order valence-electron chi connectivity index (χ2n) is 4.76. The molecular formula is C12H13F3N4O. The summed E-state index contributed by atoms with van der Waals surface area (Å²) in [7, 11) is 0. The van der Waals surface area contributed by atoms with Gasteiger partial charge < -0.3 is 10.0 Å². The topological polar surface area (TPSA) is 53.7 Å². The molecule has 5 nitrogen and oxygen atoms in total. The fourth-order valence-electron chi connectivity index (χ4n) is 2.22. The van der Waals surface area contributed by atoms with E-state index in [1.807, 2.05) is 4.90 Å². The van der Waals surface area contributed by atoms with Gasteiger partial charge in [-0.2, -0.15) is 18.3 Å². The van der Waals surface area contributed by atoms with Crippen LogP contribution in [0.15, 0.2) is 18.5 Å². The lowest BCUT2D eigenvalue weighted by molar-refractivity contribution is -0.141. The van der Waals surface area contributed by atoms with Crippen LogP contribution < -0.4 is 4.90 Å². The van der Waals surface area contributed by atoms with Crippen LogP contribution in [0.4, 0.5) is 19.0 Å². The Hall–Kier alpha value is -1.83. The van der Waals surface area contributed by atoms with E-state index in [2.05, 4.69) is 10.1 Å². The van der Waals surface area contributed by atoms with Gasteiger partial charge in [0.2, 0.25) is 0 Å². The molecule has 1 aliphatic carbocycles. The van der Waals surface area contributed by atoms with E-state index in [1.165, 1.54) is 16.9 Å². The van der Waals surface area contributed by atoms with Crippen LogP contribution in [0.2, 0.25) is 0 Å². The number of fused-ring (bicyclic) bond motifs is 1. The number of anilines is 1. The molecule has 1 fully saturated rings. The molecule has 3 rings (SSSR count). The number of nitrogens with zero attached hydrogens (tertiary/aromatic N) is 4. The number of aromatic nitrogens is 3. The van der Waals surface area contributed by atoms with E-state index in [4.69, 9.17) is 5.11 Å². The Balaban J connectivity index is 2.08. The van der Waals surface area contributed by atoms with Crippen molar-refractivity contribution in [2.45, 2.75) is 25.1 Å². The molecule has 0 atom stereocenters. The summed E-state index contributed by atoms with van der Waals surface area (Å²) < 4.78 is 39.4. The average molecular weight is 286 g/mol. The van der Waals surface area contributed by atoms with Crippen LogP contribution in [-0.4, -0.2) is 38.9 Å². The first kappa shape index (κ1) is 13.2. The number of alkyl halides is 3. The van der Waals surface area contributed by atoms with Gasteiger partial charge >= 0.3 is 6.18 Å². The molecule has 1 saturated carbocycles. The molecule has 0 saturated heterocycles. The van der Waals surface area contributed by atoms with E-state index in [-0.39, 0.29) is 12.6 Å². The molecular weight excluding hydrogens is 273 g/mol. The zero-order valence-electron chi connectivity index (χ0n) is 10.5. The number of hydrogen-bond acceptors (Lipinski definition) is 4. The smallest absolute Gasteiger partial charge is 0.395 e. The Bertz CT molecular complexity index is 621. The first-order valence-electron chi connectivity index (χ1n) is 6.30. The summed E-state index contributed by atoms with van der Waals surface area (Å²) in [5.41, 5.74) is -0.633. The Morgan fingerprint density at radius 3 is 2.75 bits per heavy atom. The monoisotopic (exact) mass is 286 g/mol. The van der Waals surface area contributed by atoms with E-state index in [1.54, 1.807) is 0 Å². The van der Waals surface area contributed by atoms with E-state index in [0.717, 1.165) is 18.9 Å². The summed E-state index contributed by atoms with van der Waals surface area (Å²) in [5, 5.41) is 12.6. The number of rotatable bonds is 4. The highest BCUT2D eigenvalue weighted by atomic mass is 19.4. The van der Waals surface area contributed by atoms with Crippen molar-refractivity contribution in [2.75, 3.05) is 18.1 Å². The standard InChI is InChI=1S/C12H13F3N4O/c13-12(14,15)10-7-9-11(16-3-4-19(9)17-10)18(5-6-20)8-1-2-8/h3-4,7-8,20H,1-2,5-6H2. The van der Waals surface area contributed by atoms with Crippen LogP contribution >= 0.6 is 0 Å². The van der Waals surface area contributed by atoms with E-state index < -0.39 is 11.9 Å². The Labute approximate surface area is 112 Å². The fourth-order valence-corrected chi connectivity index (χ4v) is 2.22. The van der Waals surface area contributed by atoms with Crippen LogP contribution in [0.25, 0.3) is 5.52 Å². The lowest BCUT2D eigenvalue weighted by atomic mass is 10.3. The maximum absolute atomic E-state index is 12.7. The molecule has 108 valence electrons. The van der Waals surface area contributed by atoms with Gasteiger partial charge in [-0.3, -0.25) is 0 Å². The van der Waals surface area contributed by atoms with Gasteiger partial charge in [-0.25, -0.2) is 9.50 Å². The van der Waals surface area contributed by atoms with Gasteiger partial charge in [0, 0.05) is 31.0 Å². The third-order valence-electron chi connectivity index (χ3n) is 3.26. The second-order valence-corrected chi connectivity index (χ2v) is 4.76. The van der Waals surface area contributed by atoms with Crippen LogP contribution in [0.1, 0.15) is 18.5 Å². The average Bonchev–Trinajstić information content (AvgIpc) is 3.11. The summed E-state index contributed by atoms with van der Waals surface area (Å²) in [6, 6.07) is 1.24. The first-order valence-corrected chi connectivity index (χ1v) is 6.30. The number of hydrogen-bond donors (Lipinski definition) is 1. The minimum absolute atomic E-state index is 0.0699. The molecule has 20 heavy (non-hydrogen) atoms.